The van der Waals surface area contributed by atoms with E-state index in [1.54, 1.807) is 18.2 Å². The topological polar surface area (TPSA) is 0 Å². The van der Waals surface area contributed by atoms with Crippen molar-refractivity contribution >= 4 is 6.08 Å². The molecule has 1 saturated carbocycles. The molecule has 1 fully saturated rings. The maximum atomic E-state index is 15.2. The van der Waals surface area contributed by atoms with Crippen molar-refractivity contribution in [2.24, 2.45) is 11.8 Å². The minimum absolute atomic E-state index is 0.322. The second-order valence-electron chi connectivity index (χ2n) is 10.8. The van der Waals surface area contributed by atoms with Crippen LogP contribution in [0.2, 0.25) is 0 Å². The highest BCUT2D eigenvalue weighted by atomic mass is 19.1. The van der Waals surface area contributed by atoms with Gasteiger partial charge in [0.1, 0.15) is 11.6 Å². The number of halogens is 2. The van der Waals surface area contributed by atoms with E-state index < -0.39 is 0 Å². The van der Waals surface area contributed by atoms with Crippen molar-refractivity contribution in [3.05, 3.63) is 101 Å². The summed E-state index contributed by atoms with van der Waals surface area (Å²) in [7, 11) is 0. The highest BCUT2D eigenvalue weighted by molar-refractivity contribution is 5.67. The molecular weight excluding hydrogens is 458 g/mol. The molecule has 0 spiro atoms. The Bertz CT molecular complexity index is 1140. The Balaban J connectivity index is 1.37. The molecule has 1 atom stereocenters. The Morgan fingerprint density at radius 1 is 0.865 bits per heavy atom. The lowest BCUT2D eigenvalue weighted by Gasteiger charge is -2.28. The van der Waals surface area contributed by atoms with E-state index >= 15 is 8.78 Å². The van der Waals surface area contributed by atoms with Crippen LogP contribution in [0.5, 0.6) is 0 Å². The third-order valence-electron chi connectivity index (χ3n) is 8.19. The largest absolute Gasteiger partial charge is 0.206 e. The van der Waals surface area contributed by atoms with E-state index in [4.69, 9.17) is 0 Å². The Hall–Kier alpha value is -2.74. The summed E-state index contributed by atoms with van der Waals surface area (Å²) >= 11 is 0. The molecule has 2 aromatic carbocycles. The average Bonchev–Trinajstić information content (AvgIpc) is 2.92. The molecule has 37 heavy (non-hydrogen) atoms. The second-order valence-corrected chi connectivity index (χ2v) is 10.8. The van der Waals surface area contributed by atoms with Crippen molar-refractivity contribution in [3.8, 4) is 11.1 Å². The lowest BCUT2D eigenvalue weighted by Crippen LogP contribution is -2.13. The summed E-state index contributed by atoms with van der Waals surface area (Å²) in [6, 6.07) is 10.6. The minimum atomic E-state index is -0.369. The Labute approximate surface area is 222 Å². The van der Waals surface area contributed by atoms with E-state index in [9.17, 15) is 0 Å². The van der Waals surface area contributed by atoms with Gasteiger partial charge in [0.15, 0.2) is 0 Å². The van der Waals surface area contributed by atoms with Gasteiger partial charge in [0.2, 0.25) is 0 Å². The first-order valence-electron chi connectivity index (χ1n) is 14.3. The summed E-state index contributed by atoms with van der Waals surface area (Å²) in [6.45, 7) is 4.23. The van der Waals surface area contributed by atoms with Crippen LogP contribution in [-0.4, -0.2) is 0 Å². The maximum Gasteiger partial charge on any atom is 0.131 e. The van der Waals surface area contributed by atoms with Gasteiger partial charge in [-0.05, 0) is 112 Å². The van der Waals surface area contributed by atoms with E-state index in [-0.39, 0.29) is 11.6 Å². The van der Waals surface area contributed by atoms with Crippen LogP contribution in [0.25, 0.3) is 17.2 Å². The Morgan fingerprint density at radius 2 is 1.62 bits per heavy atom. The van der Waals surface area contributed by atoms with Crippen molar-refractivity contribution in [3.63, 3.8) is 0 Å². The summed E-state index contributed by atoms with van der Waals surface area (Å²) in [5.41, 5.74) is 3.99. The molecule has 2 aromatic rings. The van der Waals surface area contributed by atoms with Gasteiger partial charge in [-0.3, -0.25) is 0 Å². The maximum absolute atomic E-state index is 15.2. The van der Waals surface area contributed by atoms with Crippen molar-refractivity contribution in [1.29, 1.82) is 0 Å². The number of hydrogen-bond acceptors (Lipinski definition) is 0. The highest BCUT2D eigenvalue weighted by Gasteiger charge is 2.23. The molecule has 0 radical (unpaired) electrons. The molecule has 0 bridgehead atoms. The molecule has 2 aliphatic rings. The van der Waals surface area contributed by atoms with Crippen LogP contribution in [0.4, 0.5) is 8.78 Å². The molecule has 0 aliphatic heterocycles. The first-order chi connectivity index (χ1) is 18.1. The van der Waals surface area contributed by atoms with Gasteiger partial charge in [-0.25, -0.2) is 8.78 Å². The van der Waals surface area contributed by atoms with Crippen LogP contribution in [0.15, 0.2) is 78.4 Å². The molecule has 0 saturated heterocycles. The SMILES string of the molecule is CC=CCCC1CCC(c2ccc(-c3ccc(C=CC4CC=C(C=CCC)CC4)cc3F)c(F)c2)CC1. The van der Waals surface area contributed by atoms with E-state index in [1.807, 2.05) is 18.2 Å². The number of benzene rings is 2. The highest BCUT2D eigenvalue weighted by Crippen LogP contribution is 2.39. The Kier molecular flexibility index (Phi) is 10.1. The van der Waals surface area contributed by atoms with E-state index in [2.05, 4.69) is 50.3 Å². The lowest BCUT2D eigenvalue weighted by atomic mass is 9.77. The molecule has 196 valence electrons. The molecule has 0 amide bonds. The quantitative estimate of drug-likeness (QED) is 0.300. The monoisotopic (exact) mass is 500 g/mol. The summed E-state index contributed by atoms with van der Waals surface area (Å²) in [5.74, 6) is 0.984. The lowest BCUT2D eigenvalue weighted by molar-refractivity contribution is 0.311. The van der Waals surface area contributed by atoms with Gasteiger partial charge in [-0.15, -0.1) is 0 Å². The summed E-state index contributed by atoms with van der Waals surface area (Å²) in [4.78, 5) is 0. The second kappa shape index (κ2) is 13.7. The minimum Gasteiger partial charge on any atom is -0.206 e. The predicted octanol–water partition coefficient (Wildman–Crippen LogP) is 11.0. The van der Waals surface area contributed by atoms with Crippen molar-refractivity contribution < 1.29 is 8.78 Å². The molecule has 2 aliphatic carbocycles. The van der Waals surface area contributed by atoms with Crippen LogP contribution in [0.1, 0.15) is 95.1 Å². The summed E-state index contributed by atoms with van der Waals surface area (Å²) in [6.07, 6.45) is 26.7. The normalized spacial score (nSPS) is 22.8. The first kappa shape index (κ1) is 27.3. The van der Waals surface area contributed by atoms with Crippen molar-refractivity contribution in [2.45, 2.75) is 84.0 Å². The van der Waals surface area contributed by atoms with Gasteiger partial charge in [0, 0.05) is 11.1 Å². The third kappa shape index (κ3) is 7.63. The fourth-order valence-electron chi connectivity index (χ4n) is 5.86. The van der Waals surface area contributed by atoms with E-state index in [0.29, 0.717) is 23.0 Å². The zero-order chi connectivity index (χ0) is 26.0. The van der Waals surface area contributed by atoms with Crippen molar-refractivity contribution in [1.82, 2.24) is 0 Å². The molecule has 0 heterocycles. The molecule has 0 N–H and O–H groups in total. The fourth-order valence-corrected chi connectivity index (χ4v) is 5.86. The standard InChI is InChI=1S/C35H42F2/c1-3-5-7-9-27-16-19-30(20-17-27)31-21-23-33(35(37)25-31)32-22-18-29(24-34(32)36)15-14-28-12-10-26(11-13-28)8-6-4-2/h3,5-6,8,10,14-15,18,21-25,27-28,30H,4,7,9,11-13,16-17,19-20H2,1-2H3. The number of rotatable bonds is 9. The Morgan fingerprint density at radius 3 is 2.27 bits per heavy atom. The summed E-state index contributed by atoms with van der Waals surface area (Å²) < 4.78 is 30.2. The van der Waals surface area contributed by atoms with Gasteiger partial charge in [-0.2, -0.15) is 0 Å². The molecule has 1 unspecified atom stereocenters. The summed E-state index contributed by atoms with van der Waals surface area (Å²) in [5, 5.41) is 0. The van der Waals surface area contributed by atoms with Gasteiger partial charge in [-0.1, -0.05) is 79.3 Å². The third-order valence-corrected chi connectivity index (χ3v) is 8.19. The van der Waals surface area contributed by atoms with Crippen molar-refractivity contribution in [2.75, 3.05) is 0 Å². The van der Waals surface area contributed by atoms with Gasteiger partial charge in [0.05, 0.1) is 0 Å². The van der Waals surface area contributed by atoms with E-state index in [1.165, 1.54) is 30.9 Å². The molecule has 4 rings (SSSR count). The molecule has 2 heteroatoms. The molecular formula is C35H42F2. The predicted molar refractivity (Wildman–Crippen MR) is 154 cm³/mol. The van der Waals surface area contributed by atoms with Crippen LogP contribution in [-0.2, 0) is 0 Å². The van der Waals surface area contributed by atoms with Crippen LogP contribution < -0.4 is 0 Å². The van der Waals surface area contributed by atoms with Crippen LogP contribution >= 0.6 is 0 Å². The smallest absolute Gasteiger partial charge is 0.131 e. The van der Waals surface area contributed by atoms with Gasteiger partial charge >= 0.3 is 0 Å². The zero-order valence-electron chi connectivity index (χ0n) is 22.6. The first-order valence-corrected chi connectivity index (χ1v) is 14.3. The number of hydrogen-bond donors (Lipinski definition) is 0. The van der Waals surface area contributed by atoms with Gasteiger partial charge < -0.3 is 0 Å². The number of allylic oxidation sites excluding steroid dienone is 7. The van der Waals surface area contributed by atoms with E-state index in [0.717, 1.165) is 62.0 Å². The zero-order valence-corrected chi connectivity index (χ0v) is 22.6. The van der Waals surface area contributed by atoms with Gasteiger partial charge in [0.25, 0.3) is 0 Å². The average molecular weight is 501 g/mol. The molecule has 0 aromatic heterocycles. The van der Waals surface area contributed by atoms with Crippen LogP contribution in [0, 0.1) is 23.5 Å². The fraction of sp³-hybridized carbons (Fsp3) is 0.429. The van der Waals surface area contributed by atoms with Crippen LogP contribution in [0.3, 0.4) is 0 Å². The molecule has 0 nitrogen and oxygen atoms in total.